The number of hydrogen-bond acceptors (Lipinski definition) is 4. The fourth-order valence-corrected chi connectivity index (χ4v) is 2.66. The molecule has 3 rings (SSSR count). The number of halogens is 1. The molecule has 1 aliphatic rings. The Morgan fingerprint density at radius 1 is 1.14 bits per heavy atom. The standard InChI is InChI=1S/C16H17FN4O/c1-12-13(6-7-18-19-12)16(22)21-10-8-20(9-11-21)15-5-3-2-4-14(15)17/h2-7H,8-11H2,1H3. The summed E-state index contributed by atoms with van der Waals surface area (Å²) in [6, 6.07) is 8.41. The highest BCUT2D eigenvalue weighted by Gasteiger charge is 2.24. The Balaban J connectivity index is 1.68. The molecule has 114 valence electrons. The number of carbonyl (C=O) groups is 1. The molecular weight excluding hydrogens is 283 g/mol. The SMILES string of the molecule is Cc1nnccc1C(=O)N1CCN(c2ccccc2F)CC1. The molecule has 0 aliphatic carbocycles. The van der Waals surface area contributed by atoms with E-state index in [1.54, 1.807) is 30.0 Å². The average molecular weight is 300 g/mol. The highest BCUT2D eigenvalue weighted by Crippen LogP contribution is 2.20. The number of piperazine rings is 1. The van der Waals surface area contributed by atoms with Crippen LogP contribution in [0, 0.1) is 12.7 Å². The maximum Gasteiger partial charge on any atom is 0.255 e. The van der Waals surface area contributed by atoms with Gasteiger partial charge in [-0.15, -0.1) is 0 Å². The summed E-state index contributed by atoms with van der Waals surface area (Å²) in [5.74, 6) is -0.267. The Labute approximate surface area is 128 Å². The minimum absolute atomic E-state index is 0.0411. The van der Waals surface area contributed by atoms with E-state index in [1.165, 1.54) is 12.3 Å². The highest BCUT2D eigenvalue weighted by atomic mass is 19.1. The molecule has 6 heteroatoms. The van der Waals surface area contributed by atoms with Crippen molar-refractivity contribution in [2.75, 3.05) is 31.1 Å². The number of anilines is 1. The van der Waals surface area contributed by atoms with E-state index < -0.39 is 0 Å². The maximum absolute atomic E-state index is 13.8. The van der Waals surface area contributed by atoms with E-state index in [1.807, 2.05) is 11.0 Å². The molecule has 1 amide bonds. The number of aromatic nitrogens is 2. The van der Waals surface area contributed by atoms with Gasteiger partial charge in [-0.3, -0.25) is 4.79 Å². The lowest BCUT2D eigenvalue weighted by Crippen LogP contribution is -2.49. The van der Waals surface area contributed by atoms with Crippen LogP contribution in [-0.2, 0) is 0 Å². The van der Waals surface area contributed by atoms with Crippen LogP contribution in [0.15, 0.2) is 36.5 Å². The predicted molar refractivity (Wildman–Crippen MR) is 81.3 cm³/mol. The molecule has 0 spiro atoms. The molecule has 0 atom stereocenters. The minimum atomic E-state index is -0.226. The summed E-state index contributed by atoms with van der Waals surface area (Å²) in [5, 5.41) is 7.67. The largest absolute Gasteiger partial charge is 0.366 e. The summed E-state index contributed by atoms with van der Waals surface area (Å²) in [6.07, 6.45) is 1.52. The van der Waals surface area contributed by atoms with Crippen molar-refractivity contribution in [3.8, 4) is 0 Å². The Morgan fingerprint density at radius 2 is 1.86 bits per heavy atom. The molecule has 1 aliphatic heterocycles. The van der Waals surface area contributed by atoms with Gasteiger partial charge in [-0.1, -0.05) is 12.1 Å². The van der Waals surface area contributed by atoms with Crippen molar-refractivity contribution < 1.29 is 9.18 Å². The van der Waals surface area contributed by atoms with Gasteiger partial charge in [-0.05, 0) is 25.1 Å². The third-order valence-electron chi connectivity index (χ3n) is 3.90. The summed E-state index contributed by atoms with van der Waals surface area (Å²) in [5.41, 5.74) is 1.80. The van der Waals surface area contributed by atoms with Crippen LogP contribution in [0.4, 0.5) is 10.1 Å². The van der Waals surface area contributed by atoms with E-state index in [2.05, 4.69) is 10.2 Å². The molecule has 22 heavy (non-hydrogen) atoms. The molecule has 1 saturated heterocycles. The highest BCUT2D eigenvalue weighted by molar-refractivity contribution is 5.95. The first-order chi connectivity index (χ1) is 10.7. The monoisotopic (exact) mass is 300 g/mol. The zero-order valence-corrected chi connectivity index (χ0v) is 12.4. The topological polar surface area (TPSA) is 49.3 Å². The first-order valence-corrected chi connectivity index (χ1v) is 7.24. The Morgan fingerprint density at radius 3 is 2.55 bits per heavy atom. The molecule has 1 aromatic heterocycles. The zero-order chi connectivity index (χ0) is 15.5. The van der Waals surface area contributed by atoms with Gasteiger partial charge in [0.05, 0.1) is 23.1 Å². The van der Waals surface area contributed by atoms with Crippen LogP contribution in [0.25, 0.3) is 0 Å². The smallest absolute Gasteiger partial charge is 0.255 e. The number of benzene rings is 1. The van der Waals surface area contributed by atoms with Crippen LogP contribution in [0.2, 0.25) is 0 Å². The minimum Gasteiger partial charge on any atom is -0.366 e. The van der Waals surface area contributed by atoms with Crippen molar-refractivity contribution in [2.24, 2.45) is 0 Å². The van der Waals surface area contributed by atoms with E-state index in [4.69, 9.17) is 0 Å². The molecule has 2 heterocycles. The second-order valence-corrected chi connectivity index (χ2v) is 5.26. The summed E-state index contributed by atoms with van der Waals surface area (Å²) >= 11 is 0. The van der Waals surface area contributed by atoms with Crippen molar-refractivity contribution in [1.82, 2.24) is 15.1 Å². The van der Waals surface area contributed by atoms with Crippen molar-refractivity contribution in [1.29, 1.82) is 0 Å². The molecule has 1 aromatic carbocycles. The fraction of sp³-hybridized carbons (Fsp3) is 0.312. The summed E-state index contributed by atoms with van der Waals surface area (Å²) in [4.78, 5) is 16.2. The normalized spacial score (nSPS) is 15.0. The first-order valence-electron chi connectivity index (χ1n) is 7.24. The van der Waals surface area contributed by atoms with Crippen molar-refractivity contribution in [3.63, 3.8) is 0 Å². The second kappa shape index (κ2) is 6.09. The average Bonchev–Trinajstić information content (AvgIpc) is 2.55. The second-order valence-electron chi connectivity index (χ2n) is 5.26. The Hall–Kier alpha value is -2.50. The van der Waals surface area contributed by atoms with Crippen LogP contribution in [-0.4, -0.2) is 47.2 Å². The van der Waals surface area contributed by atoms with Crippen LogP contribution >= 0.6 is 0 Å². The lowest BCUT2D eigenvalue weighted by Gasteiger charge is -2.36. The van der Waals surface area contributed by atoms with Crippen molar-refractivity contribution >= 4 is 11.6 Å². The number of rotatable bonds is 2. The Kier molecular flexibility index (Phi) is 4.00. The first kappa shape index (κ1) is 14.4. The van der Waals surface area contributed by atoms with Crippen LogP contribution in [0.3, 0.4) is 0 Å². The molecule has 0 unspecified atom stereocenters. The van der Waals surface area contributed by atoms with E-state index in [0.29, 0.717) is 43.1 Å². The van der Waals surface area contributed by atoms with E-state index in [0.717, 1.165) is 0 Å². The van der Waals surface area contributed by atoms with Crippen LogP contribution in [0.5, 0.6) is 0 Å². The third-order valence-corrected chi connectivity index (χ3v) is 3.90. The third kappa shape index (κ3) is 2.77. The molecule has 5 nitrogen and oxygen atoms in total. The molecule has 2 aromatic rings. The van der Waals surface area contributed by atoms with Gasteiger partial charge in [0.15, 0.2) is 0 Å². The predicted octanol–water partition coefficient (Wildman–Crippen LogP) is 1.89. The van der Waals surface area contributed by atoms with Gasteiger partial charge in [-0.25, -0.2) is 4.39 Å². The number of aryl methyl sites for hydroxylation is 1. The van der Waals surface area contributed by atoms with Gasteiger partial charge in [0.1, 0.15) is 5.82 Å². The van der Waals surface area contributed by atoms with E-state index >= 15 is 0 Å². The number of para-hydroxylation sites is 1. The van der Waals surface area contributed by atoms with Crippen molar-refractivity contribution in [3.05, 3.63) is 53.6 Å². The summed E-state index contributed by atoms with van der Waals surface area (Å²) in [6.45, 7) is 4.13. The molecule has 0 saturated carbocycles. The maximum atomic E-state index is 13.8. The quantitative estimate of drug-likeness (QED) is 0.850. The lowest BCUT2D eigenvalue weighted by atomic mass is 10.1. The number of amides is 1. The summed E-state index contributed by atoms with van der Waals surface area (Å²) in [7, 11) is 0. The zero-order valence-electron chi connectivity index (χ0n) is 12.4. The number of carbonyl (C=O) groups excluding carboxylic acids is 1. The Bertz CT molecular complexity index is 683. The van der Waals surface area contributed by atoms with Gasteiger partial charge in [0, 0.05) is 26.2 Å². The molecular formula is C16H17FN4O. The summed E-state index contributed by atoms with van der Waals surface area (Å²) < 4.78 is 13.8. The fourth-order valence-electron chi connectivity index (χ4n) is 2.66. The van der Waals surface area contributed by atoms with Gasteiger partial charge in [0.25, 0.3) is 5.91 Å². The van der Waals surface area contributed by atoms with Gasteiger partial charge >= 0.3 is 0 Å². The van der Waals surface area contributed by atoms with E-state index in [9.17, 15) is 9.18 Å². The van der Waals surface area contributed by atoms with Gasteiger partial charge < -0.3 is 9.80 Å². The number of nitrogens with zero attached hydrogens (tertiary/aromatic N) is 4. The molecule has 0 radical (unpaired) electrons. The van der Waals surface area contributed by atoms with Gasteiger partial charge in [0.2, 0.25) is 0 Å². The van der Waals surface area contributed by atoms with Crippen molar-refractivity contribution in [2.45, 2.75) is 6.92 Å². The molecule has 1 fully saturated rings. The molecule has 0 bridgehead atoms. The van der Waals surface area contributed by atoms with Crippen LogP contribution < -0.4 is 4.90 Å². The molecule has 0 N–H and O–H groups in total. The lowest BCUT2D eigenvalue weighted by molar-refractivity contribution is 0.0745. The van der Waals surface area contributed by atoms with Crippen LogP contribution in [0.1, 0.15) is 16.1 Å². The van der Waals surface area contributed by atoms with E-state index in [-0.39, 0.29) is 11.7 Å². The number of hydrogen-bond donors (Lipinski definition) is 0. The van der Waals surface area contributed by atoms with Gasteiger partial charge in [-0.2, -0.15) is 10.2 Å².